The van der Waals surface area contributed by atoms with Crippen molar-refractivity contribution in [2.75, 3.05) is 0 Å². The molecule has 0 saturated carbocycles. The first-order chi connectivity index (χ1) is 5.82. The molecule has 72 valence electrons. The van der Waals surface area contributed by atoms with Gasteiger partial charge in [0, 0.05) is 8.04 Å². The Kier molecular flexibility index (Phi) is 3.37. The Bertz CT molecular complexity index is 444. The predicted molar refractivity (Wildman–Crippen MR) is 63.0 cm³/mol. The minimum Gasteiger partial charge on any atom is -0.225 e. The maximum Gasteiger partial charge on any atom is 0.238 e. The van der Waals surface area contributed by atoms with Crippen molar-refractivity contribution in [3.05, 3.63) is 25.7 Å². The van der Waals surface area contributed by atoms with Crippen LogP contribution in [0.25, 0.3) is 0 Å². The summed E-state index contributed by atoms with van der Waals surface area (Å²) in [6.45, 7) is 1.71. The molecular weight excluding hydrogens is 369 g/mol. The normalized spacial score (nSPS) is 11.7. The van der Waals surface area contributed by atoms with Crippen LogP contribution in [0, 0.1) is 10.5 Å². The van der Waals surface area contributed by atoms with Crippen molar-refractivity contribution in [2.24, 2.45) is 5.14 Å². The molecule has 3 nitrogen and oxygen atoms in total. The third kappa shape index (κ3) is 2.64. The molecule has 0 saturated heterocycles. The lowest BCUT2D eigenvalue weighted by atomic mass is 10.2. The molecule has 0 amide bonds. The van der Waals surface area contributed by atoms with Crippen molar-refractivity contribution < 1.29 is 8.42 Å². The Morgan fingerprint density at radius 1 is 1.46 bits per heavy atom. The fraction of sp³-hybridized carbons (Fsp3) is 0.143. The van der Waals surface area contributed by atoms with Gasteiger partial charge in [-0.1, -0.05) is 0 Å². The first-order valence-electron chi connectivity index (χ1n) is 3.31. The van der Waals surface area contributed by atoms with Gasteiger partial charge in [0.05, 0.1) is 4.90 Å². The molecule has 0 unspecified atom stereocenters. The number of benzene rings is 1. The molecule has 0 atom stereocenters. The van der Waals surface area contributed by atoms with E-state index in [0.717, 1.165) is 8.04 Å². The Morgan fingerprint density at radius 2 is 2.00 bits per heavy atom. The predicted octanol–water partition coefficient (Wildman–Crippen LogP) is 2.01. The number of aryl methyl sites for hydroxylation is 1. The molecule has 0 fully saturated rings. The van der Waals surface area contributed by atoms with Gasteiger partial charge in [0.1, 0.15) is 0 Å². The van der Waals surface area contributed by atoms with Crippen molar-refractivity contribution in [1.29, 1.82) is 0 Å². The van der Waals surface area contributed by atoms with Gasteiger partial charge in [-0.3, -0.25) is 0 Å². The highest BCUT2D eigenvalue weighted by molar-refractivity contribution is 14.1. The van der Waals surface area contributed by atoms with Crippen LogP contribution in [0.3, 0.4) is 0 Å². The largest absolute Gasteiger partial charge is 0.238 e. The average Bonchev–Trinajstić information content (AvgIpc) is 1.94. The van der Waals surface area contributed by atoms with E-state index in [0.29, 0.717) is 5.56 Å². The van der Waals surface area contributed by atoms with Gasteiger partial charge in [-0.25, -0.2) is 13.6 Å². The van der Waals surface area contributed by atoms with Gasteiger partial charge in [0.2, 0.25) is 10.0 Å². The zero-order chi connectivity index (χ0) is 10.2. The number of sulfonamides is 1. The summed E-state index contributed by atoms with van der Waals surface area (Å²) in [5.74, 6) is 0. The van der Waals surface area contributed by atoms with Crippen LogP contribution in [0.1, 0.15) is 5.56 Å². The number of hydrogen-bond acceptors (Lipinski definition) is 2. The van der Waals surface area contributed by atoms with Gasteiger partial charge in [-0.15, -0.1) is 0 Å². The number of nitrogens with two attached hydrogens (primary N) is 1. The van der Waals surface area contributed by atoms with E-state index < -0.39 is 10.0 Å². The highest BCUT2D eigenvalue weighted by atomic mass is 127. The van der Waals surface area contributed by atoms with E-state index in [9.17, 15) is 8.42 Å². The summed E-state index contributed by atoms with van der Waals surface area (Å²) in [6, 6.07) is 3.29. The third-order valence-corrected chi connectivity index (χ3v) is 4.87. The lowest BCUT2D eigenvalue weighted by Gasteiger charge is -2.05. The molecule has 13 heavy (non-hydrogen) atoms. The molecule has 1 rings (SSSR count). The van der Waals surface area contributed by atoms with Crippen LogP contribution in [0.2, 0.25) is 0 Å². The lowest BCUT2D eigenvalue weighted by molar-refractivity contribution is 0.597. The molecule has 2 N–H and O–H groups in total. The molecule has 0 aliphatic carbocycles. The van der Waals surface area contributed by atoms with E-state index in [1.54, 1.807) is 19.1 Å². The standard InChI is InChI=1S/C7H7BrINO2S/c1-4-2-5(8)6(9)3-7(4)13(10,11)12/h2-3H,1H3,(H2,10,11,12). The Labute approximate surface area is 99.0 Å². The van der Waals surface area contributed by atoms with Gasteiger partial charge in [0.15, 0.2) is 0 Å². The minimum atomic E-state index is -3.60. The lowest BCUT2D eigenvalue weighted by Crippen LogP contribution is -2.13. The number of primary sulfonamides is 1. The van der Waals surface area contributed by atoms with Gasteiger partial charge >= 0.3 is 0 Å². The van der Waals surface area contributed by atoms with Crippen LogP contribution in [0.5, 0.6) is 0 Å². The SMILES string of the molecule is Cc1cc(Br)c(I)cc1S(N)(=O)=O. The van der Waals surface area contributed by atoms with Crippen LogP contribution < -0.4 is 5.14 Å². The molecular formula is C7H7BrINO2S. The van der Waals surface area contributed by atoms with E-state index in [-0.39, 0.29) is 4.90 Å². The Balaban J connectivity index is 3.50. The molecule has 0 bridgehead atoms. The maximum atomic E-state index is 11.1. The van der Waals surface area contributed by atoms with E-state index in [1.165, 1.54) is 0 Å². The third-order valence-electron chi connectivity index (χ3n) is 1.52. The van der Waals surface area contributed by atoms with Gasteiger partial charge < -0.3 is 0 Å². The first-order valence-corrected chi connectivity index (χ1v) is 6.72. The molecule has 1 aromatic carbocycles. The zero-order valence-corrected chi connectivity index (χ0v) is 11.3. The van der Waals surface area contributed by atoms with Crippen molar-refractivity contribution in [3.63, 3.8) is 0 Å². The molecule has 0 spiro atoms. The topological polar surface area (TPSA) is 60.2 Å². The van der Waals surface area contributed by atoms with Crippen LogP contribution in [-0.2, 0) is 10.0 Å². The van der Waals surface area contributed by atoms with E-state index >= 15 is 0 Å². The van der Waals surface area contributed by atoms with Crippen LogP contribution in [0.4, 0.5) is 0 Å². The zero-order valence-electron chi connectivity index (χ0n) is 6.71. The summed E-state index contributed by atoms with van der Waals surface area (Å²) in [5.41, 5.74) is 0.648. The summed E-state index contributed by atoms with van der Waals surface area (Å²) in [7, 11) is -3.60. The second-order valence-corrected chi connectivity index (χ2v) is 6.12. The molecule has 6 heteroatoms. The molecule has 0 aliphatic rings. The number of rotatable bonds is 1. The van der Waals surface area contributed by atoms with Crippen molar-refractivity contribution in [2.45, 2.75) is 11.8 Å². The van der Waals surface area contributed by atoms with Crippen LogP contribution >= 0.6 is 38.5 Å². The van der Waals surface area contributed by atoms with Crippen LogP contribution in [-0.4, -0.2) is 8.42 Å². The second-order valence-electron chi connectivity index (χ2n) is 2.58. The van der Waals surface area contributed by atoms with E-state index in [4.69, 9.17) is 5.14 Å². The average molecular weight is 376 g/mol. The Hall–Kier alpha value is 0.340. The quantitative estimate of drug-likeness (QED) is 0.763. The number of halogens is 2. The van der Waals surface area contributed by atoms with E-state index in [1.807, 2.05) is 22.6 Å². The molecule has 0 radical (unpaired) electrons. The smallest absolute Gasteiger partial charge is 0.225 e. The summed E-state index contributed by atoms with van der Waals surface area (Å²) in [4.78, 5) is 0.181. The molecule has 0 heterocycles. The highest BCUT2D eigenvalue weighted by Gasteiger charge is 2.13. The first kappa shape index (κ1) is 11.4. The summed E-state index contributed by atoms with van der Waals surface area (Å²) < 4.78 is 23.9. The van der Waals surface area contributed by atoms with Gasteiger partial charge in [-0.05, 0) is 63.1 Å². The summed E-state index contributed by atoms with van der Waals surface area (Å²) in [6.07, 6.45) is 0. The van der Waals surface area contributed by atoms with Crippen LogP contribution in [0.15, 0.2) is 21.5 Å². The fourth-order valence-corrected chi connectivity index (χ4v) is 2.86. The van der Waals surface area contributed by atoms with Crippen molar-refractivity contribution in [3.8, 4) is 0 Å². The van der Waals surface area contributed by atoms with E-state index in [2.05, 4.69) is 15.9 Å². The highest BCUT2D eigenvalue weighted by Crippen LogP contribution is 2.25. The van der Waals surface area contributed by atoms with Gasteiger partial charge in [0.25, 0.3) is 0 Å². The van der Waals surface area contributed by atoms with Crippen molar-refractivity contribution in [1.82, 2.24) is 0 Å². The molecule has 0 aliphatic heterocycles. The summed E-state index contributed by atoms with van der Waals surface area (Å²) >= 11 is 5.34. The molecule has 1 aromatic rings. The summed E-state index contributed by atoms with van der Waals surface area (Å²) in [5, 5.41) is 5.03. The van der Waals surface area contributed by atoms with Gasteiger partial charge in [-0.2, -0.15) is 0 Å². The number of hydrogen-bond donors (Lipinski definition) is 1. The monoisotopic (exact) mass is 375 g/mol. The molecule has 0 aromatic heterocycles. The maximum absolute atomic E-state index is 11.1. The Morgan fingerprint density at radius 3 is 2.46 bits per heavy atom. The minimum absolute atomic E-state index is 0.181. The second kappa shape index (κ2) is 3.84. The fourth-order valence-electron chi connectivity index (χ4n) is 0.935. The van der Waals surface area contributed by atoms with Crippen molar-refractivity contribution >= 4 is 48.5 Å².